The molecule has 1 fully saturated rings. The summed E-state index contributed by atoms with van der Waals surface area (Å²) in [5.74, 6) is -0.871. The molecule has 0 atom stereocenters. The van der Waals surface area contributed by atoms with Crippen LogP contribution >= 0.6 is 0 Å². The van der Waals surface area contributed by atoms with Crippen LogP contribution in [0.1, 0.15) is 35.2 Å². The monoisotopic (exact) mass is 262 g/mol. The van der Waals surface area contributed by atoms with E-state index in [-0.39, 0.29) is 0 Å². The van der Waals surface area contributed by atoms with E-state index >= 15 is 0 Å². The maximum atomic E-state index is 11.2. The van der Waals surface area contributed by atoms with E-state index in [2.05, 4.69) is 10.2 Å². The number of benzene rings is 1. The molecule has 0 radical (unpaired) electrons. The average molecular weight is 262 g/mol. The Morgan fingerprint density at radius 2 is 2.05 bits per heavy atom. The van der Waals surface area contributed by atoms with Gasteiger partial charge >= 0.3 is 5.97 Å². The molecule has 1 aromatic rings. The van der Waals surface area contributed by atoms with Crippen LogP contribution in [-0.4, -0.2) is 42.2 Å². The Labute approximate surface area is 114 Å². The van der Waals surface area contributed by atoms with Gasteiger partial charge in [0.25, 0.3) is 0 Å². The highest BCUT2D eigenvalue weighted by Crippen LogP contribution is 2.17. The number of rotatable bonds is 5. The minimum Gasteiger partial charge on any atom is -0.478 e. The van der Waals surface area contributed by atoms with Gasteiger partial charge in [-0.05, 0) is 45.0 Å². The van der Waals surface area contributed by atoms with Crippen LogP contribution in [0.15, 0.2) is 18.2 Å². The summed E-state index contributed by atoms with van der Waals surface area (Å²) in [6.07, 6.45) is 3.90. The molecule has 0 aliphatic carbocycles. The predicted molar refractivity (Wildman–Crippen MR) is 76.9 cm³/mol. The summed E-state index contributed by atoms with van der Waals surface area (Å²) in [7, 11) is 0. The van der Waals surface area contributed by atoms with Gasteiger partial charge in [0.1, 0.15) is 0 Å². The maximum absolute atomic E-state index is 11.2. The summed E-state index contributed by atoms with van der Waals surface area (Å²) in [4.78, 5) is 13.6. The zero-order valence-electron chi connectivity index (χ0n) is 11.5. The third-order valence-corrected chi connectivity index (χ3v) is 3.60. The number of anilines is 1. The first-order chi connectivity index (χ1) is 9.16. The SMILES string of the molecule is Cc1ccc(NCCN2CCCCC2)c(C(=O)O)c1. The van der Waals surface area contributed by atoms with E-state index in [0.717, 1.165) is 24.3 Å². The van der Waals surface area contributed by atoms with E-state index in [1.165, 1.54) is 32.4 Å². The van der Waals surface area contributed by atoms with Crippen molar-refractivity contribution in [2.75, 3.05) is 31.5 Å². The summed E-state index contributed by atoms with van der Waals surface area (Å²) in [5, 5.41) is 12.4. The molecule has 4 nitrogen and oxygen atoms in total. The quantitative estimate of drug-likeness (QED) is 0.856. The summed E-state index contributed by atoms with van der Waals surface area (Å²) >= 11 is 0. The second kappa shape index (κ2) is 6.57. The van der Waals surface area contributed by atoms with Crippen molar-refractivity contribution >= 4 is 11.7 Å². The van der Waals surface area contributed by atoms with Gasteiger partial charge in [0.2, 0.25) is 0 Å². The fourth-order valence-corrected chi connectivity index (χ4v) is 2.52. The second-order valence-electron chi connectivity index (χ2n) is 5.18. The zero-order valence-corrected chi connectivity index (χ0v) is 11.5. The largest absolute Gasteiger partial charge is 0.478 e. The molecule has 1 aliphatic heterocycles. The van der Waals surface area contributed by atoms with Crippen LogP contribution < -0.4 is 5.32 Å². The third-order valence-electron chi connectivity index (χ3n) is 3.60. The molecule has 0 aromatic heterocycles. The number of aromatic carboxylic acids is 1. The Morgan fingerprint density at radius 1 is 1.32 bits per heavy atom. The minimum atomic E-state index is -0.871. The molecule has 104 valence electrons. The second-order valence-corrected chi connectivity index (χ2v) is 5.18. The van der Waals surface area contributed by atoms with Crippen LogP contribution in [0.2, 0.25) is 0 Å². The van der Waals surface area contributed by atoms with Crippen LogP contribution in [0.4, 0.5) is 5.69 Å². The molecule has 1 saturated heterocycles. The van der Waals surface area contributed by atoms with Crippen LogP contribution in [-0.2, 0) is 0 Å². The van der Waals surface area contributed by atoms with E-state index in [9.17, 15) is 9.90 Å². The molecule has 0 bridgehead atoms. The van der Waals surface area contributed by atoms with Crippen molar-refractivity contribution in [3.05, 3.63) is 29.3 Å². The van der Waals surface area contributed by atoms with E-state index in [0.29, 0.717) is 5.56 Å². The average Bonchev–Trinajstić information content (AvgIpc) is 2.41. The van der Waals surface area contributed by atoms with Gasteiger partial charge < -0.3 is 15.3 Å². The summed E-state index contributed by atoms with van der Waals surface area (Å²) < 4.78 is 0. The number of carbonyl (C=O) groups is 1. The van der Waals surface area contributed by atoms with Crippen molar-refractivity contribution in [1.29, 1.82) is 0 Å². The molecule has 19 heavy (non-hydrogen) atoms. The first kappa shape index (κ1) is 13.9. The standard InChI is InChI=1S/C15H22N2O2/c1-12-5-6-14(13(11-12)15(18)19)16-7-10-17-8-3-2-4-9-17/h5-6,11,16H,2-4,7-10H2,1H3,(H,18,19). The highest BCUT2D eigenvalue weighted by Gasteiger charge is 2.12. The molecule has 0 spiro atoms. The minimum absolute atomic E-state index is 0.360. The molecule has 4 heteroatoms. The van der Waals surface area contributed by atoms with Gasteiger partial charge in [0, 0.05) is 18.8 Å². The van der Waals surface area contributed by atoms with Gasteiger partial charge in [-0.25, -0.2) is 4.79 Å². The van der Waals surface area contributed by atoms with Gasteiger partial charge in [0.05, 0.1) is 5.56 Å². The molecule has 0 amide bonds. The van der Waals surface area contributed by atoms with Gasteiger partial charge in [-0.2, -0.15) is 0 Å². The van der Waals surface area contributed by atoms with Gasteiger partial charge in [0.15, 0.2) is 0 Å². The normalized spacial score (nSPS) is 16.3. The van der Waals surface area contributed by atoms with E-state index in [4.69, 9.17) is 0 Å². The molecule has 1 aromatic carbocycles. The van der Waals surface area contributed by atoms with Gasteiger partial charge in [-0.1, -0.05) is 18.1 Å². The van der Waals surface area contributed by atoms with Crippen molar-refractivity contribution in [2.24, 2.45) is 0 Å². The number of nitrogens with one attached hydrogen (secondary N) is 1. The lowest BCUT2D eigenvalue weighted by Crippen LogP contribution is -2.33. The summed E-state index contributed by atoms with van der Waals surface area (Å²) in [6.45, 7) is 6.02. The highest BCUT2D eigenvalue weighted by atomic mass is 16.4. The predicted octanol–water partition coefficient (Wildman–Crippen LogP) is 2.59. The van der Waals surface area contributed by atoms with Crippen molar-refractivity contribution in [1.82, 2.24) is 4.90 Å². The Morgan fingerprint density at radius 3 is 2.74 bits per heavy atom. The zero-order chi connectivity index (χ0) is 13.7. The first-order valence-electron chi connectivity index (χ1n) is 6.97. The smallest absolute Gasteiger partial charge is 0.337 e. The van der Waals surface area contributed by atoms with Crippen LogP contribution in [0.25, 0.3) is 0 Å². The molecule has 0 saturated carbocycles. The number of nitrogens with zero attached hydrogens (tertiary/aromatic N) is 1. The highest BCUT2D eigenvalue weighted by molar-refractivity contribution is 5.94. The lowest BCUT2D eigenvalue weighted by Gasteiger charge is -2.26. The molecular formula is C15H22N2O2. The molecule has 0 unspecified atom stereocenters. The number of likely N-dealkylation sites (tertiary alicyclic amines) is 1. The van der Waals surface area contributed by atoms with Gasteiger partial charge in [-0.15, -0.1) is 0 Å². The third kappa shape index (κ3) is 3.96. The summed E-state index contributed by atoms with van der Waals surface area (Å²) in [5.41, 5.74) is 2.05. The number of carboxylic acids is 1. The lowest BCUT2D eigenvalue weighted by molar-refractivity contribution is 0.0698. The molecule has 2 rings (SSSR count). The topological polar surface area (TPSA) is 52.6 Å². The Kier molecular flexibility index (Phi) is 4.80. The number of hydrogen-bond donors (Lipinski definition) is 2. The van der Waals surface area contributed by atoms with Crippen LogP contribution in [0, 0.1) is 6.92 Å². The van der Waals surface area contributed by atoms with Crippen LogP contribution in [0.5, 0.6) is 0 Å². The van der Waals surface area contributed by atoms with E-state index in [1.54, 1.807) is 6.07 Å². The molecule has 2 N–H and O–H groups in total. The molecule has 1 heterocycles. The fourth-order valence-electron chi connectivity index (χ4n) is 2.52. The van der Waals surface area contributed by atoms with E-state index < -0.39 is 5.97 Å². The number of aryl methyl sites for hydroxylation is 1. The number of hydrogen-bond acceptors (Lipinski definition) is 3. The van der Waals surface area contributed by atoms with Crippen molar-refractivity contribution < 1.29 is 9.90 Å². The first-order valence-corrected chi connectivity index (χ1v) is 6.97. The fraction of sp³-hybridized carbons (Fsp3) is 0.533. The number of piperidine rings is 1. The summed E-state index contributed by atoms with van der Waals surface area (Å²) in [6, 6.07) is 5.51. The molecule has 1 aliphatic rings. The Hall–Kier alpha value is -1.55. The maximum Gasteiger partial charge on any atom is 0.337 e. The molecular weight excluding hydrogens is 240 g/mol. The lowest BCUT2D eigenvalue weighted by atomic mass is 10.1. The van der Waals surface area contributed by atoms with Crippen molar-refractivity contribution in [2.45, 2.75) is 26.2 Å². The number of carboxylic acid groups (broad SMARTS) is 1. The Bertz CT molecular complexity index is 440. The van der Waals surface area contributed by atoms with Crippen molar-refractivity contribution in [3.8, 4) is 0 Å². The van der Waals surface area contributed by atoms with Crippen molar-refractivity contribution in [3.63, 3.8) is 0 Å². The van der Waals surface area contributed by atoms with E-state index in [1.807, 2.05) is 19.1 Å². The van der Waals surface area contributed by atoms with Gasteiger partial charge in [-0.3, -0.25) is 0 Å². The van der Waals surface area contributed by atoms with Crippen LogP contribution in [0.3, 0.4) is 0 Å². The Balaban J connectivity index is 1.89.